The Labute approximate surface area is 107 Å². The summed E-state index contributed by atoms with van der Waals surface area (Å²) in [7, 11) is 0. The minimum absolute atomic E-state index is 0.00144. The first kappa shape index (κ1) is 14.3. The van der Waals surface area contributed by atoms with Gasteiger partial charge in [-0.05, 0) is 37.1 Å². The summed E-state index contributed by atoms with van der Waals surface area (Å²) < 4.78 is 0. The average molecular weight is 252 g/mol. The fourth-order valence-corrected chi connectivity index (χ4v) is 1.67. The summed E-state index contributed by atoms with van der Waals surface area (Å²) in [4.78, 5) is 12.0. The molecule has 0 bridgehead atoms. The summed E-state index contributed by atoms with van der Waals surface area (Å²) in [6.07, 6.45) is 0.702. The second-order valence-electron chi connectivity index (χ2n) is 4.60. The number of phenolic OH excluding ortho intramolecular Hbond substituents is 2. The van der Waals surface area contributed by atoms with Crippen molar-refractivity contribution in [2.45, 2.75) is 26.3 Å². The molecule has 1 atom stereocenters. The van der Waals surface area contributed by atoms with Gasteiger partial charge >= 0.3 is 0 Å². The summed E-state index contributed by atoms with van der Waals surface area (Å²) in [5.41, 5.74) is 5.81. The summed E-state index contributed by atoms with van der Waals surface area (Å²) in [5, 5.41) is 21.4. The zero-order valence-electron chi connectivity index (χ0n) is 10.7. The van der Waals surface area contributed by atoms with E-state index in [1.54, 1.807) is 0 Å². The lowest BCUT2D eigenvalue weighted by atomic mass is 10.0. The first-order valence-corrected chi connectivity index (χ1v) is 5.98. The van der Waals surface area contributed by atoms with Crippen molar-refractivity contribution in [1.82, 2.24) is 5.32 Å². The standard InChI is InChI=1S/C13H20N2O3/c1-8(2)10(5-6-14)15-13(18)9-3-4-11(16)12(17)7-9/h3-4,7-8,10,16-17H,5-6,14H2,1-2H3,(H,15,18). The van der Waals surface area contributed by atoms with Crippen molar-refractivity contribution >= 4 is 5.91 Å². The van der Waals surface area contributed by atoms with Gasteiger partial charge in [-0.15, -0.1) is 0 Å². The highest BCUT2D eigenvalue weighted by atomic mass is 16.3. The van der Waals surface area contributed by atoms with Crippen LogP contribution in [0.4, 0.5) is 0 Å². The molecule has 0 radical (unpaired) electrons. The fraction of sp³-hybridized carbons (Fsp3) is 0.462. The van der Waals surface area contributed by atoms with Crippen molar-refractivity contribution in [2.75, 3.05) is 6.54 Å². The number of hydrogen-bond acceptors (Lipinski definition) is 4. The minimum Gasteiger partial charge on any atom is -0.504 e. The predicted molar refractivity (Wildman–Crippen MR) is 69.5 cm³/mol. The van der Waals surface area contributed by atoms with Crippen LogP contribution in [0.15, 0.2) is 18.2 Å². The number of nitrogens with two attached hydrogens (primary N) is 1. The van der Waals surface area contributed by atoms with E-state index in [0.717, 1.165) is 0 Å². The van der Waals surface area contributed by atoms with Crippen LogP contribution in [-0.2, 0) is 0 Å². The molecule has 0 heterocycles. The smallest absolute Gasteiger partial charge is 0.251 e. The number of amides is 1. The SMILES string of the molecule is CC(C)C(CCN)NC(=O)c1ccc(O)c(O)c1. The topological polar surface area (TPSA) is 95.6 Å². The molecule has 18 heavy (non-hydrogen) atoms. The number of carbonyl (C=O) groups is 1. The molecule has 0 aromatic heterocycles. The summed E-state index contributed by atoms with van der Waals surface area (Å²) in [6, 6.07) is 3.99. The van der Waals surface area contributed by atoms with Gasteiger partial charge in [-0.3, -0.25) is 4.79 Å². The molecule has 1 rings (SSSR count). The summed E-state index contributed by atoms with van der Waals surface area (Å²) in [5.74, 6) is -0.544. The van der Waals surface area contributed by atoms with E-state index in [1.807, 2.05) is 13.8 Å². The van der Waals surface area contributed by atoms with Crippen LogP contribution in [0.2, 0.25) is 0 Å². The van der Waals surface area contributed by atoms with Crippen molar-refractivity contribution in [3.05, 3.63) is 23.8 Å². The highest BCUT2D eigenvalue weighted by Gasteiger charge is 2.17. The molecule has 0 aliphatic heterocycles. The van der Waals surface area contributed by atoms with Crippen LogP contribution in [0.25, 0.3) is 0 Å². The van der Waals surface area contributed by atoms with Crippen molar-refractivity contribution in [2.24, 2.45) is 11.7 Å². The second kappa shape index (κ2) is 6.26. The minimum atomic E-state index is -0.303. The molecule has 0 saturated heterocycles. The van der Waals surface area contributed by atoms with E-state index < -0.39 is 0 Å². The van der Waals surface area contributed by atoms with Gasteiger partial charge in [0.05, 0.1) is 0 Å². The van der Waals surface area contributed by atoms with Gasteiger partial charge in [0.2, 0.25) is 0 Å². The Balaban J connectivity index is 2.77. The molecule has 5 heteroatoms. The normalized spacial score (nSPS) is 12.4. The molecule has 5 N–H and O–H groups in total. The number of hydrogen-bond donors (Lipinski definition) is 4. The largest absolute Gasteiger partial charge is 0.504 e. The molecule has 0 saturated carbocycles. The van der Waals surface area contributed by atoms with Crippen LogP contribution in [-0.4, -0.2) is 28.7 Å². The molecule has 1 aromatic carbocycles. The van der Waals surface area contributed by atoms with Gasteiger partial charge in [-0.25, -0.2) is 0 Å². The Kier molecular flexibility index (Phi) is 4.97. The van der Waals surface area contributed by atoms with E-state index in [2.05, 4.69) is 5.32 Å². The van der Waals surface area contributed by atoms with E-state index in [4.69, 9.17) is 5.73 Å². The Bertz CT molecular complexity index is 419. The van der Waals surface area contributed by atoms with E-state index in [-0.39, 0.29) is 29.4 Å². The van der Waals surface area contributed by atoms with Crippen LogP contribution in [0, 0.1) is 5.92 Å². The number of benzene rings is 1. The van der Waals surface area contributed by atoms with Gasteiger partial charge in [0.15, 0.2) is 11.5 Å². The molecule has 1 aromatic rings. The van der Waals surface area contributed by atoms with E-state index in [9.17, 15) is 15.0 Å². The van der Waals surface area contributed by atoms with Crippen molar-refractivity contribution in [3.8, 4) is 11.5 Å². The fourth-order valence-electron chi connectivity index (χ4n) is 1.67. The van der Waals surface area contributed by atoms with Gasteiger partial charge < -0.3 is 21.3 Å². The number of carbonyl (C=O) groups excluding carboxylic acids is 1. The van der Waals surface area contributed by atoms with Crippen molar-refractivity contribution < 1.29 is 15.0 Å². The number of phenols is 2. The maximum absolute atomic E-state index is 12.0. The highest BCUT2D eigenvalue weighted by molar-refractivity contribution is 5.95. The third-order valence-corrected chi connectivity index (χ3v) is 2.84. The van der Waals surface area contributed by atoms with Crippen LogP contribution >= 0.6 is 0 Å². The van der Waals surface area contributed by atoms with E-state index in [1.165, 1.54) is 18.2 Å². The highest BCUT2D eigenvalue weighted by Crippen LogP contribution is 2.24. The molecule has 0 aliphatic carbocycles. The predicted octanol–water partition coefficient (Wildman–Crippen LogP) is 1.20. The number of nitrogens with one attached hydrogen (secondary N) is 1. The van der Waals surface area contributed by atoms with Gasteiger partial charge in [-0.1, -0.05) is 13.8 Å². The monoisotopic (exact) mass is 252 g/mol. The first-order valence-electron chi connectivity index (χ1n) is 5.98. The van der Waals surface area contributed by atoms with E-state index in [0.29, 0.717) is 18.5 Å². The Morgan fingerprint density at radius 1 is 1.33 bits per heavy atom. The summed E-state index contributed by atoms with van der Waals surface area (Å²) in [6.45, 7) is 4.52. The zero-order valence-corrected chi connectivity index (χ0v) is 10.7. The Morgan fingerprint density at radius 3 is 2.50 bits per heavy atom. The molecule has 0 spiro atoms. The van der Waals surface area contributed by atoms with Gasteiger partial charge in [0.1, 0.15) is 0 Å². The maximum atomic E-state index is 12.0. The maximum Gasteiger partial charge on any atom is 0.251 e. The van der Waals surface area contributed by atoms with Crippen molar-refractivity contribution in [1.29, 1.82) is 0 Å². The molecular weight excluding hydrogens is 232 g/mol. The van der Waals surface area contributed by atoms with Crippen molar-refractivity contribution in [3.63, 3.8) is 0 Å². The van der Waals surface area contributed by atoms with Crippen LogP contribution in [0.3, 0.4) is 0 Å². The third-order valence-electron chi connectivity index (χ3n) is 2.84. The molecule has 5 nitrogen and oxygen atoms in total. The number of rotatable bonds is 5. The third kappa shape index (κ3) is 3.63. The molecule has 100 valence electrons. The first-order chi connectivity index (χ1) is 8.45. The lowest BCUT2D eigenvalue weighted by molar-refractivity contribution is 0.0923. The van der Waals surface area contributed by atoms with Crippen LogP contribution in [0.1, 0.15) is 30.6 Å². The van der Waals surface area contributed by atoms with Gasteiger partial charge in [0.25, 0.3) is 5.91 Å². The lowest BCUT2D eigenvalue weighted by Gasteiger charge is -2.21. The zero-order chi connectivity index (χ0) is 13.7. The average Bonchev–Trinajstić information content (AvgIpc) is 2.31. The van der Waals surface area contributed by atoms with Gasteiger partial charge in [-0.2, -0.15) is 0 Å². The molecule has 1 unspecified atom stereocenters. The Hall–Kier alpha value is -1.75. The molecule has 0 aliphatic rings. The molecule has 1 amide bonds. The molecular formula is C13H20N2O3. The van der Waals surface area contributed by atoms with E-state index >= 15 is 0 Å². The molecule has 0 fully saturated rings. The quantitative estimate of drug-likeness (QED) is 0.592. The van der Waals surface area contributed by atoms with Crippen LogP contribution in [0.5, 0.6) is 11.5 Å². The van der Waals surface area contributed by atoms with Crippen LogP contribution < -0.4 is 11.1 Å². The summed E-state index contributed by atoms with van der Waals surface area (Å²) >= 11 is 0. The number of aromatic hydroxyl groups is 2. The second-order valence-corrected chi connectivity index (χ2v) is 4.60. The lowest BCUT2D eigenvalue weighted by Crippen LogP contribution is -2.39. The Morgan fingerprint density at radius 2 is 2.00 bits per heavy atom. The van der Waals surface area contributed by atoms with Gasteiger partial charge in [0, 0.05) is 11.6 Å².